The second kappa shape index (κ2) is 10.1. The Labute approximate surface area is 216 Å². The maximum atomic E-state index is 15.1. The first-order valence-electron chi connectivity index (χ1n) is 11.8. The van der Waals surface area contributed by atoms with Gasteiger partial charge in [-0.3, -0.25) is 0 Å². The van der Waals surface area contributed by atoms with Crippen molar-refractivity contribution in [1.29, 1.82) is 0 Å². The molecule has 0 unspecified atom stereocenters. The third kappa shape index (κ3) is 5.72. The Hall–Kier alpha value is -3.57. The molecule has 1 fully saturated rings. The van der Waals surface area contributed by atoms with Crippen molar-refractivity contribution in [2.45, 2.75) is 44.2 Å². The van der Waals surface area contributed by atoms with E-state index in [4.69, 9.17) is 10.5 Å². The molecule has 0 spiro atoms. The number of benzene rings is 2. The second-order valence-corrected chi connectivity index (χ2v) is 11.8. The molecule has 1 aliphatic heterocycles. The number of piperazine rings is 1. The molecule has 11 heteroatoms. The number of carbonyl (C=O) groups excluding carboxylic acids is 1. The molecule has 3 aromatic rings. The lowest BCUT2D eigenvalue weighted by Gasteiger charge is -2.39. The highest BCUT2D eigenvalue weighted by Gasteiger charge is 2.37. The lowest BCUT2D eigenvalue weighted by molar-refractivity contribution is 0.0143. The summed E-state index contributed by atoms with van der Waals surface area (Å²) in [7, 11) is -3.96. The van der Waals surface area contributed by atoms with E-state index in [1.807, 2.05) is 0 Å². The van der Waals surface area contributed by atoms with E-state index in [0.717, 1.165) is 0 Å². The molecule has 0 radical (unpaired) electrons. The van der Waals surface area contributed by atoms with Crippen LogP contribution < -0.4 is 5.73 Å². The van der Waals surface area contributed by atoms with Crippen LogP contribution in [0.3, 0.4) is 0 Å². The normalized spacial score (nSPS) is 17.0. The number of nitrogen functional groups attached to an aromatic ring is 1. The van der Waals surface area contributed by atoms with Gasteiger partial charge in [-0.1, -0.05) is 30.3 Å². The van der Waals surface area contributed by atoms with Gasteiger partial charge in [0.25, 0.3) is 0 Å². The first-order valence-corrected chi connectivity index (χ1v) is 13.3. The molecule has 1 atom stereocenters. The number of rotatable bonds is 4. The average molecular weight is 528 g/mol. The van der Waals surface area contributed by atoms with E-state index >= 15 is 4.39 Å². The number of nitrogens with zero attached hydrogens (tertiary/aromatic N) is 4. The van der Waals surface area contributed by atoms with Gasteiger partial charge in [0.15, 0.2) is 0 Å². The van der Waals surface area contributed by atoms with E-state index in [0.29, 0.717) is 16.7 Å². The summed E-state index contributed by atoms with van der Waals surface area (Å²) >= 11 is 0. The van der Waals surface area contributed by atoms with Gasteiger partial charge in [-0.05, 0) is 45.4 Å². The highest BCUT2D eigenvalue weighted by Crippen LogP contribution is 2.34. The minimum absolute atomic E-state index is 0.0653. The van der Waals surface area contributed by atoms with Gasteiger partial charge in [0.05, 0.1) is 4.90 Å². The number of nitrogens with two attached hydrogens (primary N) is 1. The molecule has 2 heterocycles. The van der Waals surface area contributed by atoms with Crippen LogP contribution in [0.4, 0.5) is 15.1 Å². The van der Waals surface area contributed by atoms with E-state index in [9.17, 15) is 13.2 Å². The van der Waals surface area contributed by atoms with Crippen LogP contribution in [0, 0.1) is 5.82 Å². The molecular formula is C26H30FN5O4S. The number of hydrogen-bond donors (Lipinski definition) is 1. The monoisotopic (exact) mass is 527 g/mol. The van der Waals surface area contributed by atoms with Gasteiger partial charge >= 0.3 is 6.09 Å². The molecule has 196 valence electrons. The van der Waals surface area contributed by atoms with Crippen molar-refractivity contribution < 1.29 is 22.3 Å². The summed E-state index contributed by atoms with van der Waals surface area (Å²) < 4.78 is 49.5. The predicted octanol–water partition coefficient (Wildman–Crippen LogP) is 4.16. The van der Waals surface area contributed by atoms with Crippen molar-refractivity contribution in [3.8, 4) is 22.3 Å². The number of carbonyl (C=O) groups is 1. The van der Waals surface area contributed by atoms with Gasteiger partial charge in [0, 0.05) is 54.8 Å². The first-order chi connectivity index (χ1) is 17.4. The highest BCUT2D eigenvalue weighted by atomic mass is 32.2. The van der Waals surface area contributed by atoms with Gasteiger partial charge in [0.1, 0.15) is 11.4 Å². The molecule has 2 aromatic carbocycles. The van der Waals surface area contributed by atoms with Crippen LogP contribution in [0.1, 0.15) is 27.7 Å². The largest absolute Gasteiger partial charge is 0.444 e. The number of ether oxygens (including phenoxy) is 1. The minimum Gasteiger partial charge on any atom is -0.444 e. The van der Waals surface area contributed by atoms with Crippen molar-refractivity contribution in [3.63, 3.8) is 0 Å². The lowest BCUT2D eigenvalue weighted by atomic mass is 10.0. The number of halogens is 1. The Bertz CT molecular complexity index is 1410. The molecule has 0 bridgehead atoms. The van der Waals surface area contributed by atoms with Gasteiger partial charge < -0.3 is 15.4 Å². The molecule has 1 amide bonds. The zero-order valence-electron chi connectivity index (χ0n) is 21.2. The van der Waals surface area contributed by atoms with Crippen LogP contribution in [0.5, 0.6) is 0 Å². The summed E-state index contributed by atoms with van der Waals surface area (Å²) in [6, 6.07) is 10.5. The Morgan fingerprint density at radius 1 is 1.05 bits per heavy atom. The number of sulfonamides is 1. The summed E-state index contributed by atoms with van der Waals surface area (Å²) in [5.41, 5.74) is 6.39. The third-order valence-corrected chi connectivity index (χ3v) is 8.03. The van der Waals surface area contributed by atoms with Crippen molar-refractivity contribution in [1.82, 2.24) is 19.2 Å². The van der Waals surface area contributed by atoms with Crippen molar-refractivity contribution in [2.75, 3.05) is 25.4 Å². The van der Waals surface area contributed by atoms with Crippen molar-refractivity contribution in [2.24, 2.45) is 0 Å². The molecule has 1 saturated heterocycles. The maximum absolute atomic E-state index is 15.1. The first kappa shape index (κ1) is 26.5. The molecule has 2 N–H and O–H groups in total. The van der Waals surface area contributed by atoms with Crippen LogP contribution in [0.25, 0.3) is 22.3 Å². The molecule has 0 aliphatic carbocycles. The number of anilines is 1. The van der Waals surface area contributed by atoms with Gasteiger partial charge in [0.2, 0.25) is 16.0 Å². The van der Waals surface area contributed by atoms with Crippen LogP contribution in [0.2, 0.25) is 0 Å². The third-order valence-electron chi connectivity index (χ3n) is 5.95. The Morgan fingerprint density at radius 2 is 1.73 bits per heavy atom. The predicted molar refractivity (Wildman–Crippen MR) is 138 cm³/mol. The van der Waals surface area contributed by atoms with Crippen LogP contribution in [-0.4, -0.2) is 65.0 Å². The minimum atomic E-state index is -3.96. The lowest BCUT2D eigenvalue weighted by Crippen LogP contribution is -2.56. The van der Waals surface area contributed by atoms with Gasteiger partial charge in [-0.25, -0.2) is 27.6 Å². The fourth-order valence-corrected chi connectivity index (χ4v) is 6.07. The van der Waals surface area contributed by atoms with Crippen LogP contribution in [-0.2, 0) is 14.8 Å². The van der Waals surface area contributed by atoms with E-state index in [1.54, 1.807) is 58.0 Å². The Morgan fingerprint density at radius 3 is 2.35 bits per heavy atom. The summed E-state index contributed by atoms with van der Waals surface area (Å²) in [5, 5.41) is 0. The fraction of sp³-hybridized carbons (Fsp3) is 0.346. The topological polar surface area (TPSA) is 119 Å². The number of hydrogen-bond acceptors (Lipinski definition) is 7. The summed E-state index contributed by atoms with van der Waals surface area (Å²) in [4.78, 5) is 21.9. The van der Waals surface area contributed by atoms with E-state index in [2.05, 4.69) is 9.97 Å². The quantitative estimate of drug-likeness (QED) is 0.541. The summed E-state index contributed by atoms with van der Waals surface area (Å²) in [5.74, 6) is -0.460. The second-order valence-electron chi connectivity index (χ2n) is 9.91. The zero-order chi connectivity index (χ0) is 27.0. The van der Waals surface area contributed by atoms with E-state index in [1.165, 1.54) is 33.7 Å². The maximum Gasteiger partial charge on any atom is 0.410 e. The smallest absolute Gasteiger partial charge is 0.410 e. The van der Waals surface area contributed by atoms with Crippen molar-refractivity contribution >= 4 is 22.1 Å². The molecule has 1 aromatic heterocycles. The Kier molecular flexibility index (Phi) is 7.20. The fourth-order valence-electron chi connectivity index (χ4n) is 4.24. The van der Waals surface area contributed by atoms with Crippen LogP contribution in [0.15, 0.2) is 59.8 Å². The van der Waals surface area contributed by atoms with Gasteiger partial charge in [-0.15, -0.1) is 0 Å². The zero-order valence-corrected chi connectivity index (χ0v) is 22.0. The molecule has 1 aliphatic rings. The Balaban J connectivity index is 1.61. The number of amides is 1. The average Bonchev–Trinajstić information content (AvgIpc) is 2.83. The molecule has 0 saturated carbocycles. The molecular weight excluding hydrogens is 497 g/mol. The molecule has 37 heavy (non-hydrogen) atoms. The van der Waals surface area contributed by atoms with Crippen molar-refractivity contribution in [3.05, 3.63) is 60.7 Å². The van der Waals surface area contributed by atoms with Gasteiger partial charge in [-0.2, -0.15) is 4.31 Å². The standard InChI is InChI=1S/C26H30FN5O4S/c1-17-16-31(25(33)36-26(2,3)4)11-12-32(17)37(34,35)23-8-6-5-7-21(23)18-9-10-20(22(27)13-18)19-14-29-24(28)30-15-19/h5-10,13-15,17H,11-12,16H2,1-4H3,(H2,28,29,30)/t17-/m0/s1. The number of aromatic nitrogens is 2. The summed E-state index contributed by atoms with van der Waals surface area (Å²) in [6.45, 7) is 7.61. The highest BCUT2D eigenvalue weighted by molar-refractivity contribution is 7.89. The van der Waals surface area contributed by atoms with Crippen LogP contribution >= 0.6 is 0 Å². The van der Waals surface area contributed by atoms with E-state index < -0.39 is 33.6 Å². The SMILES string of the molecule is C[C@H]1CN(C(=O)OC(C)(C)C)CCN1S(=O)(=O)c1ccccc1-c1ccc(-c2cnc(N)nc2)c(F)c1. The molecule has 4 rings (SSSR count). The van der Waals surface area contributed by atoms with E-state index in [-0.39, 0.29) is 36.0 Å². The summed E-state index contributed by atoms with van der Waals surface area (Å²) in [6.07, 6.45) is 2.38. The molecule has 9 nitrogen and oxygen atoms in total.